The maximum atomic E-state index is 11.4. The van der Waals surface area contributed by atoms with Gasteiger partial charge in [-0.3, -0.25) is 4.79 Å². The Hall–Kier alpha value is -1.90. The first-order valence-electron chi connectivity index (χ1n) is 6.26. The zero-order chi connectivity index (χ0) is 14.7. The van der Waals surface area contributed by atoms with Crippen LogP contribution in [0.15, 0.2) is 47.1 Å². The molecule has 0 aliphatic rings. The van der Waals surface area contributed by atoms with Crippen LogP contribution < -0.4 is 0 Å². The summed E-state index contributed by atoms with van der Waals surface area (Å²) in [5, 5.41) is 0. The average Bonchev–Trinajstić information content (AvgIpc) is 2.43. The van der Waals surface area contributed by atoms with E-state index in [0.29, 0.717) is 5.57 Å². The number of aldehydes is 1. The van der Waals surface area contributed by atoms with Crippen molar-refractivity contribution in [3.8, 4) is 0 Å². The highest BCUT2D eigenvalue weighted by Crippen LogP contribution is 2.07. The van der Waals surface area contributed by atoms with Crippen LogP contribution in [0.1, 0.15) is 33.6 Å². The summed E-state index contributed by atoms with van der Waals surface area (Å²) in [7, 11) is 1.37. The molecular formula is C16H22O3. The molecule has 0 saturated carbocycles. The van der Waals surface area contributed by atoms with Gasteiger partial charge in [0, 0.05) is 0 Å². The summed E-state index contributed by atoms with van der Waals surface area (Å²) in [6.07, 6.45) is 11.9. The van der Waals surface area contributed by atoms with Gasteiger partial charge in [-0.1, -0.05) is 29.9 Å². The Morgan fingerprint density at radius 1 is 1.16 bits per heavy atom. The summed E-state index contributed by atoms with van der Waals surface area (Å²) in [5.41, 5.74) is 2.28. The van der Waals surface area contributed by atoms with Gasteiger partial charge in [0.05, 0.1) is 12.7 Å². The SMILES string of the molecule is C\C=C(/C=C(C)/C=C/CC/C=C(\C)C=O)C(=O)OC. The zero-order valence-electron chi connectivity index (χ0n) is 12.1. The molecular weight excluding hydrogens is 240 g/mol. The number of carbonyl (C=O) groups excluding carboxylic acids is 2. The highest BCUT2D eigenvalue weighted by atomic mass is 16.5. The second-order valence-corrected chi connectivity index (χ2v) is 4.17. The number of hydrogen-bond donors (Lipinski definition) is 0. The van der Waals surface area contributed by atoms with Crippen LogP contribution in [0.5, 0.6) is 0 Å². The van der Waals surface area contributed by atoms with E-state index in [2.05, 4.69) is 4.74 Å². The lowest BCUT2D eigenvalue weighted by Gasteiger charge is -1.99. The molecule has 0 aliphatic carbocycles. The Morgan fingerprint density at radius 3 is 2.37 bits per heavy atom. The zero-order valence-corrected chi connectivity index (χ0v) is 12.1. The van der Waals surface area contributed by atoms with Crippen LogP contribution in [0, 0.1) is 0 Å². The van der Waals surface area contributed by atoms with Crippen molar-refractivity contribution in [2.24, 2.45) is 0 Å². The van der Waals surface area contributed by atoms with E-state index in [9.17, 15) is 9.59 Å². The van der Waals surface area contributed by atoms with Crippen LogP contribution >= 0.6 is 0 Å². The molecule has 0 atom stereocenters. The summed E-state index contributed by atoms with van der Waals surface area (Å²) < 4.78 is 4.67. The van der Waals surface area contributed by atoms with Crippen LogP contribution in [0.25, 0.3) is 0 Å². The second kappa shape index (κ2) is 10.1. The predicted molar refractivity (Wildman–Crippen MR) is 77.7 cm³/mol. The molecule has 3 nitrogen and oxygen atoms in total. The van der Waals surface area contributed by atoms with Gasteiger partial charge >= 0.3 is 5.97 Å². The van der Waals surface area contributed by atoms with Gasteiger partial charge in [0.2, 0.25) is 0 Å². The van der Waals surface area contributed by atoms with Gasteiger partial charge in [-0.05, 0) is 45.3 Å². The van der Waals surface area contributed by atoms with Crippen molar-refractivity contribution in [2.45, 2.75) is 33.6 Å². The lowest BCUT2D eigenvalue weighted by atomic mass is 10.1. The molecule has 0 radical (unpaired) electrons. The van der Waals surface area contributed by atoms with Crippen molar-refractivity contribution in [1.82, 2.24) is 0 Å². The monoisotopic (exact) mass is 262 g/mol. The Morgan fingerprint density at radius 2 is 1.84 bits per heavy atom. The van der Waals surface area contributed by atoms with Gasteiger partial charge in [0.15, 0.2) is 0 Å². The second-order valence-electron chi connectivity index (χ2n) is 4.17. The molecule has 0 aromatic heterocycles. The van der Waals surface area contributed by atoms with Crippen LogP contribution in [-0.2, 0) is 14.3 Å². The first-order valence-corrected chi connectivity index (χ1v) is 6.26. The molecule has 0 saturated heterocycles. The van der Waals surface area contributed by atoms with E-state index in [-0.39, 0.29) is 5.97 Å². The van der Waals surface area contributed by atoms with E-state index in [0.717, 1.165) is 30.3 Å². The third-order valence-corrected chi connectivity index (χ3v) is 2.48. The molecule has 0 spiro atoms. The molecule has 3 heteroatoms. The molecule has 0 aliphatic heterocycles. The maximum absolute atomic E-state index is 11.4. The summed E-state index contributed by atoms with van der Waals surface area (Å²) in [5.74, 6) is -0.334. The van der Waals surface area contributed by atoms with Crippen LogP contribution in [0.3, 0.4) is 0 Å². The minimum Gasteiger partial charge on any atom is -0.465 e. The normalized spacial score (nSPS) is 13.8. The molecule has 0 unspecified atom stereocenters. The molecule has 0 heterocycles. The molecule has 19 heavy (non-hydrogen) atoms. The third kappa shape index (κ3) is 7.92. The third-order valence-electron chi connectivity index (χ3n) is 2.48. The summed E-state index contributed by atoms with van der Waals surface area (Å²) in [6.45, 7) is 5.51. The number of ether oxygens (including phenoxy) is 1. The predicted octanol–water partition coefficient (Wildman–Crippen LogP) is 3.53. The molecule has 0 aromatic rings. The Bertz CT molecular complexity index is 423. The van der Waals surface area contributed by atoms with E-state index in [4.69, 9.17) is 0 Å². The van der Waals surface area contributed by atoms with Crippen molar-refractivity contribution in [3.05, 3.63) is 47.1 Å². The molecule has 0 fully saturated rings. The molecule has 104 valence electrons. The summed E-state index contributed by atoms with van der Waals surface area (Å²) >= 11 is 0. The minimum atomic E-state index is -0.334. The fourth-order valence-electron chi connectivity index (χ4n) is 1.40. The van der Waals surface area contributed by atoms with Crippen molar-refractivity contribution < 1.29 is 14.3 Å². The number of allylic oxidation sites excluding steroid dienone is 6. The fourth-order valence-corrected chi connectivity index (χ4v) is 1.40. The molecule has 0 bridgehead atoms. The van der Waals surface area contributed by atoms with Crippen LogP contribution in [0.4, 0.5) is 0 Å². The van der Waals surface area contributed by atoms with Crippen molar-refractivity contribution >= 4 is 12.3 Å². The Balaban J connectivity index is 4.40. The van der Waals surface area contributed by atoms with Crippen molar-refractivity contribution in [3.63, 3.8) is 0 Å². The summed E-state index contributed by atoms with van der Waals surface area (Å²) in [4.78, 5) is 21.7. The highest BCUT2D eigenvalue weighted by Gasteiger charge is 2.04. The van der Waals surface area contributed by atoms with Gasteiger partial charge in [-0.2, -0.15) is 0 Å². The quantitative estimate of drug-likeness (QED) is 0.232. The molecule has 0 N–H and O–H groups in total. The maximum Gasteiger partial charge on any atom is 0.337 e. The topological polar surface area (TPSA) is 43.4 Å². The summed E-state index contributed by atoms with van der Waals surface area (Å²) in [6, 6.07) is 0. The van der Waals surface area contributed by atoms with Gasteiger partial charge < -0.3 is 4.74 Å². The molecule has 0 rings (SSSR count). The van der Waals surface area contributed by atoms with Gasteiger partial charge in [0.1, 0.15) is 6.29 Å². The Kier molecular flexibility index (Phi) is 9.06. The highest BCUT2D eigenvalue weighted by molar-refractivity contribution is 5.91. The van der Waals surface area contributed by atoms with E-state index >= 15 is 0 Å². The van der Waals surface area contributed by atoms with Crippen molar-refractivity contribution in [2.75, 3.05) is 7.11 Å². The number of rotatable bonds is 7. The number of esters is 1. The smallest absolute Gasteiger partial charge is 0.337 e. The minimum absolute atomic E-state index is 0.334. The largest absolute Gasteiger partial charge is 0.465 e. The van der Waals surface area contributed by atoms with Gasteiger partial charge in [0.25, 0.3) is 0 Å². The van der Waals surface area contributed by atoms with Crippen LogP contribution in [0.2, 0.25) is 0 Å². The van der Waals surface area contributed by atoms with E-state index < -0.39 is 0 Å². The molecule has 0 aromatic carbocycles. The average molecular weight is 262 g/mol. The Labute approximate surface area is 115 Å². The van der Waals surface area contributed by atoms with Crippen LogP contribution in [-0.4, -0.2) is 19.4 Å². The number of hydrogen-bond acceptors (Lipinski definition) is 3. The van der Waals surface area contributed by atoms with E-state index in [1.54, 1.807) is 26.0 Å². The van der Waals surface area contributed by atoms with Crippen molar-refractivity contribution in [1.29, 1.82) is 0 Å². The van der Waals surface area contributed by atoms with E-state index in [1.165, 1.54) is 7.11 Å². The van der Waals surface area contributed by atoms with Gasteiger partial charge in [-0.15, -0.1) is 0 Å². The first-order chi connectivity index (χ1) is 9.04. The van der Waals surface area contributed by atoms with E-state index in [1.807, 2.05) is 25.2 Å². The van der Waals surface area contributed by atoms with Gasteiger partial charge in [-0.25, -0.2) is 4.79 Å². The lowest BCUT2D eigenvalue weighted by Crippen LogP contribution is -2.02. The number of carbonyl (C=O) groups is 2. The first kappa shape index (κ1) is 17.1. The lowest BCUT2D eigenvalue weighted by molar-refractivity contribution is -0.135. The number of unbranched alkanes of at least 4 members (excludes halogenated alkanes) is 1. The fraction of sp³-hybridized carbons (Fsp3) is 0.375. The molecule has 0 amide bonds. The standard InChI is InChI=1S/C16H22O3/c1-5-15(16(18)19-4)11-13(2)9-7-6-8-10-14(3)12-17/h5,7,9-12H,6,8H2,1-4H3/b9-7+,13-11+,14-10+,15-5+. The number of methoxy groups -OCH3 is 1.